The van der Waals surface area contributed by atoms with Crippen molar-refractivity contribution < 1.29 is 9.53 Å². The maximum Gasteiger partial charge on any atom is 0.222 e. The third-order valence-corrected chi connectivity index (χ3v) is 6.82. The van der Waals surface area contributed by atoms with Crippen molar-refractivity contribution in [3.63, 3.8) is 0 Å². The van der Waals surface area contributed by atoms with Crippen LogP contribution in [0.2, 0.25) is 0 Å². The molecule has 0 N–H and O–H groups in total. The minimum atomic E-state index is 0.138. The second-order valence-corrected chi connectivity index (χ2v) is 8.74. The molecule has 1 aromatic carbocycles. The first kappa shape index (κ1) is 18.8. The van der Waals surface area contributed by atoms with E-state index in [4.69, 9.17) is 4.74 Å². The Balaban J connectivity index is 1.42. The quantitative estimate of drug-likeness (QED) is 0.797. The Labute approximate surface area is 163 Å². The number of likely N-dealkylation sites (tertiary alicyclic amines) is 1. The monoisotopic (exact) mass is 371 g/mol. The number of benzene rings is 1. The van der Waals surface area contributed by atoms with Crippen LogP contribution in [0.15, 0.2) is 24.3 Å². The van der Waals surface area contributed by atoms with Crippen molar-refractivity contribution in [3.8, 4) is 5.75 Å². The molecule has 1 aromatic rings. The Morgan fingerprint density at radius 2 is 1.89 bits per heavy atom. The number of likely N-dealkylation sites (N-methyl/N-ethyl adjacent to an activating group) is 1. The zero-order valence-corrected chi connectivity index (χ0v) is 16.8. The van der Waals surface area contributed by atoms with E-state index in [0.717, 1.165) is 63.8 Å². The van der Waals surface area contributed by atoms with Gasteiger partial charge in [-0.3, -0.25) is 14.6 Å². The summed E-state index contributed by atoms with van der Waals surface area (Å²) in [6.07, 6.45) is 5.41. The number of rotatable bonds is 5. The third-order valence-electron chi connectivity index (χ3n) is 6.82. The minimum Gasteiger partial charge on any atom is -0.497 e. The topological polar surface area (TPSA) is 36.0 Å². The second kappa shape index (κ2) is 7.80. The number of ether oxygens (including phenoxy) is 1. The first-order valence-corrected chi connectivity index (χ1v) is 10.4. The van der Waals surface area contributed by atoms with Crippen LogP contribution in [0.1, 0.15) is 37.7 Å². The van der Waals surface area contributed by atoms with E-state index in [1.54, 1.807) is 7.11 Å². The molecular weight excluding hydrogens is 338 g/mol. The standard InChI is InChI=1S/C22H33N3O2/c1-23-13-14-24(15-18-5-7-20(27-2)8-6-18)17-22(23)10-9-21(26)25(12-11-22)16-19-3-4-19/h5-8,19H,3-4,9-17H2,1-2H3/t22-/m0/s1. The molecule has 148 valence electrons. The van der Waals surface area contributed by atoms with E-state index in [1.165, 1.54) is 18.4 Å². The number of hydrogen-bond donors (Lipinski definition) is 0. The van der Waals surface area contributed by atoms with E-state index in [1.807, 2.05) is 12.1 Å². The highest BCUT2D eigenvalue weighted by atomic mass is 16.5. The van der Waals surface area contributed by atoms with E-state index in [9.17, 15) is 4.79 Å². The lowest BCUT2D eigenvalue weighted by molar-refractivity contribution is -0.131. The van der Waals surface area contributed by atoms with Crippen molar-refractivity contribution in [2.75, 3.05) is 46.9 Å². The highest BCUT2D eigenvalue weighted by Crippen LogP contribution is 2.35. The van der Waals surface area contributed by atoms with Gasteiger partial charge in [-0.05, 0) is 56.3 Å². The first-order valence-electron chi connectivity index (χ1n) is 10.4. The third kappa shape index (κ3) is 4.30. The van der Waals surface area contributed by atoms with Crippen LogP contribution < -0.4 is 4.74 Å². The molecule has 0 radical (unpaired) electrons. The molecule has 1 aliphatic carbocycles. The van der Waals surface area contributed by atoms with Gasteiger partial charge in [0, 0.05) is 51.2 Å². The summed E-state index contributed by atoms with van der Waals surface area (Å²) in [4.78, 5) is 19.9. The molecule has 0 aromatic heterocycles. The molecule has 2 saturated heterocycles. The fourth-order valence-electron chi connectivity index (χ4n) is 4.70. The van der Waals surface area contributed by atoms with Crippen molar-refractivity contribution in [2.24, 2.45) is 5.92 Å². The molecule has 27 heavy (non-hydrogen) atoms. The fraction of sp³-hybridized carbons (Fsp3) is 0.682. The molecule has 5 nitrogen and oxygen atoms in total. The van der Waals surface area contributed by atoms with Crippen LogP contribution >= 0.6 is 0 Å². The number of piperazine rings is 1. The van der Waals surface area contributed by atoms with Crippen LogP contribution in [0.4, 0.5) is 0 Å². The molecule has 2 aliphatic heterocycles. The largest absolute Gasteiger partial charge is 0.497 e. The number of methoxy groups -OCH3 is 1. The molecule has 1 amide bonds. The number of carbonyl (C=O) groups excluding carboxylic acids is 1. The average molecular weight is 372 g/mol. The summed E-state index contributed by atoms with van der Waals surface area (Å²) in [5.74, 6) is 2.06. The molecule has 1 atom stereocenters. The van der Waals surface area contributed by atoms with Crippen molar-refractivity contribution in [2.45, 2.75) is 44.2 Å². The Morgan fingerprint density at radius 1 is 1.11 bits per heavy atom. The van der Waals surface area contributed by atoms with Crippen LogP contribution in [0.5, 0.6) is 5.75 Å². The number of carbonyl (C=O) groups is 1. The molecule has 5 heteroatoms. The lowest BCUT2D eigenvalue weighted by atomic mass is 9.86. The van der Waals surface area contributed by atoms with Gasteiger partial charge in [-0.15, -0.1) is 0 Å². The van der Waals surface area contributed by atoms with Crippen molar-refractivity contribution in [1.82, 2.24) is 14.7 Å². The molecule has 1 saturated carbocycles. The van der Waals surface area contributed by atoms with E-state index in [0.29, 0.717) is 12.3 Å². The van der Waals surface area contributed by atoms with E-state index in [2.05, 4.69) is 33.9 Å². The van der Waals surface area contributed by atoms with Gasteiger partial charge in [0.05, 0.1) is 7.11 Å². The van der Waals surface area contributed by atoms with E-state index in [-0.39, 0.29) is 5.54 Å². The van der Waals surface area contributed by atoms with Gasteiger partial charge in [-0.25, -0.2) is 0 Å². The van der Waals surface area contributed by atoms with Gasteiger partial charge in [0.1, 0.15) is 5.75 Å². The average Bonchev–Trinajstić information content (AvgIpc) is 3.51. The molecule has 1 spiro atoms. The van der Waals surface area contributed by atoms with Crippen LogP contribution in [0, 0.1) is 5.92 Å². The zero-order chi connectivity index (χ0) is 18.9. The predicted octanol–water partition coefficient (Wildman–Crippen LogP) is 2.60. The highest BCUT2D eigenvalue weighted by Gasteiger charge is 2.42. The number of hydrogen-bond acceptors (Lipinski definition) is 4. The van der Waals surface area contributed by atoms with Gasteiger partial charge < -0.3 is 9.64 Å². The molecule has 3 aliphatic rings. The van der Waals surface area contributed by atoms with Crippen LogP contribution in [0.3, 0.4) is 0 Å². The summed E-state index contributed by atoms with van der Waals surface area (Å²) in [5.41, 5.74) is 1.47. The summed E-state index contributed by atoms with van der Waals surface area (Å²) in [5, 5.41) is 0. The zero-order valence-electron chi connectivity index (χ0n) is 16.8. The van der Waals surface area contributed by atoms with Crippen molar-refractivity contribution in [3.05, 3.63) is 29.8 Å². The van der Waals surface area contributed by atoms with Gasteiger partial charge in [-0.1, -0.05) is 12.1 Å². The predicted molar refractivity (Wildman–Crippen MR) is 107 cm³/mol. The van der Waals surface area contributed by atoms with E-state index < -0.39 is 0 Å². The van der Waals surface area contributed by atoms with E-state index >= 15 is 0 Å². The highest BCUT2D eigenvalue weighted by molar-refractivity contribution is 5.76. The smallest absolute Gasteiger partial charge is 0.222 e. The maximum absolute atomic E-state index is 12.6. The number of nitrogens with zero attached hydrogens (tertiary/aromatic N) is 3. The summed E-state index contributed by atoms with van der Waals surface area (Å²) >= 11 is 0. The molecule has 3 fully saturated rings. The van der Waals surface area contributed by atoms with Crippen LogP contribution in [-0.4, -0.2) is 73.0 Å². The summed E-state index contributed by atoms with van der Waals surface area (Å²) < 4.78 is 5.27. The van der Waals surface area contributed by atoms with Crippen molar-refractivity contribution in [1.29, 1.82) is 0 Å². The van der Waals surface area contributed by atoms with Gasteiger partial charge in [-0.2, -0.15) is 0 Å². The summed E-state index contributed by atoms with van der Waals surface area (Å²) in [7, 11) is 3.96. The van der Waals surface area contributed by atoms with Gasteiger partial charge in [0.2, 0.25) is 5.91 Å². The second-order valence-electron chi connectivity index (χ2n) is 8.74. The molecule has 0 unspecified atom stereocenters. The Hall–Kier alpha value is -1.59. The first-order chi connectivity index (χ1) is 13.1. The van der Waals surface area contributed by atoms with Gasteiger partial charge in [0.15, 0.2) is 0 Å². The van der Waals surface area contributed by atoms with Gasteiger partial charge >= 0.3 is 0 Å². The van der Waals surface area contributed by atoms with Crippen molar-refractivity contribution >= 4 is 5.91 Å². The lowest BCUT2D eigenvalue weighted by Crippen LogP contribution is -2.60. The molecular formula is C22H33N3O2. The maximum atomic E-state index is 12.6. The Kier molecular flexibility index (Phi) is 5.42. The molecule has 0 bridgehead atoms. The van der Waals surface area contributed by atoms with Gasteiger partial charge in [0.25, 0.3) is 0 Å². The lowest BCUT2D eigenvalue weighted by Gasteiger charge is -2.49. The summed E-state index contributed by atoms with van der Waals surface area (Å²) in [6.45, 7) is 6.11. The normalized spacial score (nSPS) is 27.8. The SMILES string of the molecule is COc1ccc(CN2CCN(C)[C@]3(CCC(=O)N(CC4CC4)CC3)C2)cc1. The molecule has 4 rings (SSSR count). The van der Waals surface area contributed by atoms with Crippen LogP contribution in [0.25, 0.3) is 0 Å². The number of amides is 1. The molecule has 2 heterocycles. The summed E-state index contributed by atoms with van der Waals surface area (Å²) in [6, 6.07) is 8.41. The minimum absolute atomic E-state index is 0.138. The Bertz CT molecular complexity index is 658. The fourth-order valence-corrected chi connectivity index (χ4v) is 4.70. The van der Waals surface area contributed by atoms with Crippen LogP contribution in [-0.2, 0) is 11.3 Å². The Morgan fingerprint density at radius 3 is 2.59 bits per heavy atom.